The Morgan fingerprint density at radius 3 is 0.960 bits per heavy atom. The normalized spacial score (nSPS) is 13.3. The van der Waals surface area contributed by atoms with E-state index in [0.29, 0.717) is 0 Å². The second-order valence-electron chi connectivity index (χ2n) is 19.8. The average Bonchev–Trinajstić information content (AvgIpc) is 4.00. The summed E-state index contributed by atoms with van der Waals surface area (Å²) in [5.74, 6) is 0. The molecule has 0 spiro atoms. The van der Waals surface area contributed by atoms with E-state index < -0.39 is 10.8 Å². The van der Waals surface area contributed by atoms with Gasteiger partial charge >= 0.3 is 0 Å². The second-order valence-corrected chi connectivity index (χ2v) is 19.8. The summed E-state index contributed by atoms with van der Waals surface area (Å²) in [6.45, 7) is 0. The van der Waals surface area contributed by atoms with Crippen LogP contribution in [0.25, 0.3) is 55.6 Å². The van der Waals surface area contributed by atoms with Gasteiger partial charge in [0.15, 0.2) is 0 Å². The van der Waals surface area contributed by atoms with Gasteiger partial charge < -0.3 is 4.90 Å². The number of anilines is 3. The third-order valence-electron chi connectivity index (χ3n) is 16.0. The molecule has 0 amide bonds. The third kappa shape index (κ3) is 6.86. The quantitative estimate of drug-likeness (QED) is 0.132. The lowest BCUT2D eigenvalue weighted by Crippen LogP contribution is -2.28. The van der Waals surface area contributed by atoms with Gasteiger partial charge in [-0.2, -0.15) is 0 Å². The fourth-order valence-electron chi connectivity index (χ4n) is 13.0. The van der Waals surface area contributed by atoms with E-state index in [9.17, 15) is 0 Å². The van der Waals surface area contributed by atoms with E-state index in [2.05, 4.69) is 314 Å². The summed E-state index contributed by atoms with van der Waals surface area (Å²) in [6, 6.07) is 115. The first kappa shape index (κ1) is 44.2. The Hall–Kier alpha value is -9.56. The Morgan fingerprint density at radius 1 is 0.213 bits per heavy atom. The summed E-state index contributed by atoms with van der Waals surface area (Å²) >= 11 is 0. The molecule has 0 saturated heterocycles. The van der Waals surface area contributed by atoms with Gasteiger partial charge in [0, 0.05) is 16.9 Å². The number of nitrogens with zero attached hydrogens (tertiary/aromatic N) is 1. The number of hydrogen-bond acceptors (Lipinski definition) is 1. The van der Waals surface area contributed by atoms with E-state index in [1.54, 1.807) is 0 Å². The average molecular weight is 954 g/mol. The predicted molar refractivity (Wildman–Crippen MR) is 312 cm³/mol. The standard InChI is InChI=1S/C74H51N/c1-7-26-52(27-8-1)60-38-19-20-41-64(60)72-61(53-28-9-2-10-29-53)42-25-45-71(72)75(58-46-48-69-65(50-58)62-39-21-23-43-67(62)73(69,54-30-11-3-12-31-54)55-32-13-4-14-33-55)59-47-49-70-66(51-59)63-40-22-24-44-68(63)74(70,56-34-15-5-16-35-56)57-36-17-6-18-37-57/h1-51H. The van der Waals surface area contributed by atoms with Crippen LogP contribution in [-0.2, 0) is 10.8 Å². The molecule has 2 aliphatic rings. The summed E-state index contributed by atoms with van der Waals surface area (Å²) in [7, 11) is 0. The second kappa shape index (κ2) is 18.2. The molecule has 1 heteroatoms. The number of fused-ring (bicyclic) bond motifs is 6. The van der Waals surface area contributed by atoms with Crippen molar-refractivity contribution in [1.29, 1.82) is 0 Å². The zero-order valence-corrected chi connectivity index (χ0v) is 41.4. The maximum Gasteiger partial charge on any atom is 0.0713 e. The molecule has 12 aromatic carbocycles. The van der Waals surface area contributed by atoms with Gasteiger partial charge in [0.05, 0.1) is 16.5 Å². The predicted octanol–water partition coefficient (Wildman–Crippen LogP) is 18.9. The fraction of sp³-hybridized carbons (Fsp3) is 0.0270. The van der Waals surface area contributed by atoms with Crippen LogP contribution in [0.1, 0.15) is 44.5 Å². The van der Waals surface area contributed by atoms with Crippen molar-refractivity contribution < 1.29 is 0 Å². The first-order valence-electron chi connectivity index (χ1n) is 26.1. The summed E-state index contributed by atoms with van der Waals surface area (Å²) in [5, 5.41) is 0. The molecule has 1 nitrogen and oxygen atoms in total. The summed E-state index contributed by atoms with van der Waals surface area (Å²) in [4.78, 5) is 2.55. The molecule has 0 aliphatic heterocycles. The van der Waals surface area contributed by atoms with Crippen LogP contribution in [0.15, 0.2) is 309 Å². The zero-order valence-electron chi connectivity index (χ0n) is 41.4. The van der Waals surface area contributed by atoms with Crippen molar-refractivity contribution in [2.45, 2.75) is 10.8 Å². The molecule has 12 aromatic rings. The van der Waals surface area contributed by atoms with Crippen molar-refractivity contribution in [2.24, 2.45) is 0 Å². The van der Waals surface area contributed by atoms with Gasteiger partial charge in [-0.3, -0.25) is 0 Å². The minimum Gasteiger partial charge on any atom is -0.310 e. The highest BCUT2D eigenvalue weighted by molar-refractivity contribution is 6.02. The Bertz CT molecular complexity index is 3770. The minimum atomic E-state index is -0.527. The van der Waals surface area contributed by atoms with Crippen LogP contribution in [-0.4, -0.2) is 0 Å². The van der Waals surface area contributed by atoms with Gasteiger partial charge in [-0.05, 0) is 125 Å². The maximum absolute atomic E-state index is 2.55. The molecule has 75 heavy (non-hydrogen) atoms. The molecular formula is C74H51N. The van der Waals surface area contributed by atoms with Crippen LogP contribution in [0.2, 0.25) is 0 Å². The Labute approximate surface area is 440 Å². The molecule has 0 radical (unpaired) electrons. The van der Waals surface area contributed by atoms with Crippen LogP contribution in [0.3, 0.4) is 0 Å². The molecule has 0 heterocycles. The third-order valence-corrected chi connectivity index (χ3v) is 16.0. The molecule has 2 aliphatic carbocycles. The van der Waals surface area contributed by atoms with Gasteiger partial charge in [-0.1, -0.05) is 279 Å². The minimum absolute atomic E-state index is 0.527. The Morgan fingerprint density at radius 2 is 0.533 bits per heavy atom. The van der Waals surface area contributed by atoms with Gasteiger partial charge in [-0.25, -0.2) is 0 Å². The van der Waals surface area contributed by atoms with Crippen LogP contribution in [0.4, 0.5) is 17.1 Å². The van der Waals surface area contributed by atoms with E-state index in [4.69, 9.17) is 0 Å². The summed E-state index contributed by atoms with van der Waals surface area (Å²) in [6.07, 6.45) is 0. The lowest BCUT2D eigenvalue weighted by atomic mass is 9.67. The maximum atomic E-state index is 2.55. The van der Waals surface area contributed by atoms with Crippen molar-refractivity contribution >= 4 is 17.1 Å². The van der Waals surface area contributed by atoms with Crippen molar-refractivity contribution in [3.63, 3.8) is 0 Å². The molecule has 0 fully saturated rings. The Balaban J connectivity index is 1.08. The number of rotatable bonds is 10. The van der Waals surface area contributed by atoms with E-state index in [1.807, 2.05) is 0 Å². The highest BCUT2D eigenvalue weighted by Gasteiger charge is 2.48. The van der Waals surface area contributed by atoms with E-state index in [0.717, 1.165) is 28.2 Å². The monoisotopic (exact) mass is 953 g/mol. The van der Waals surface area contributed by atoms with Crippen LogP contribution in [0, 0.1) is 0 Å². The largest absolute Gasteiger partial charge is 0.310 e. The van der Waals surface area contributed by atoms with Gasteiger partial charge in [0.1, 0.15) is 0 Å². The SMILES string of the molecule is c1ccc(-c2ccccc2-c2c(-c3ccccc3)cccc2N(c2ccc3c(c2)-c2ccccc2C3(c2ccccc2)c2ccccc2)c2ccc3c(c2)-c2ccccc2C3(c2ccccc2)c2ccccc2)cc1. The van der Waals surface area contributed by atoms with Crippen LogP contribution < -0.4 is 4.90 Å². The van der Waals surface area contributed by atoms with Crippen LogP contribution in [0.5, 0.6) is 0 Å². The molecule has 0 aromatic heterocycles. The molecule has 0 unspecified atom stereocenters. The van der Waals surface area contributed by atoms with Gasteiger partial charge in [0.2, 0.25) is 0 Å². The highest BCUT2D eigenvalue weighted by Crippen LogP contribution is 2.60. The molecule has 0 atom stereocenters. The van der Waals surface area contributed by atoms with Crippen LogP contribution >= 0.6 is 0 Å². The van der Waals surface area contributed by atoms with Crippen molar-refractivity contribution in [3.05, 3.63) is 354 Å². The lowest BCUT2D eigenvalue weighted by molar-refractivity contribution is 0.768. The topological polar surface area (TPSA) is 3.24 Å². The van der Waals surface area contributed by atoms with E-state index in [1.165, 1.54) is 89.0 Å². The summed E-state index contributed by atoms with van der Waals surface area (Å²) < 4.78 is 0. The lowest BCUT2D eigenvalue weighted by Gasteiger charge is -2.35. The smallest absolute Gasteiger partial charge is 0.0713 e. The summed E-state index contributed by atoms with van der Waals surface area (Å²) in [5.41, 5.74) is 24.3. The number of benzene rings is 12. The zero-order chi connectivity index (χ0) is 49.8. The fourth-order valence-corrected chi connectivity index (χ4v) is 13.0. The van der Waals surface area contributed by atoms with E-state index >= 15 is 0 Å². The first-order chi connectivity index (χ1) is 37.2. The van der Waals surface area contributed by atoms with Gasteiger partial charge in [0.25, 0.3) is 0 Å². The molecule has 352 valence electrons. The Kier molecular flexibility index (Phi) is 10.7. The van der Waals surface area contributed by atoms with Crippen molar-refractivity contribution in [1.82, 2.24) is 0 Å². The number of hydrogen-bond donors (Lipinski definition) is 0. The molecular weight excluding hydrogens is 903 g/mol. The van der Waals surface area contributed by atoms with Crippen molar-refractivity contribution in [2.75, 3.05) is 4.90 Å². The van der Waals surface area contributed by atoms with Crippen molar-refractivity contribution in [3.8, 4) is 55.6 Å². The molecule has 0 N–H and O–H groups in total. The molecule has 0 bridgehead atoms. The first-order valence-corrected chi connectivity index (χ1v) is 26.1. The highest BCUT2D eigenvalue weighted by atomic mass is 15.1. The van der Waals surface area contributed by atoms with E-state index in [-0.39, 0.29) is 0 Å². The molecule has 0 saturated carbocycles. The van der Waals surface area contributed by atoms with Gasteiger partial charge in [-0.15, -0.1) is 0 Å². The molecule has 14 rings (SSSR count).